The first-order valence-corrected chi connectivity index (χ1v) is 8.57. The second-order valence-corrected chi connectivity index (χ2v) is 6.43. The van der Waals surface area contributed by atoms with Crippen molar-refractivity contribution in [2.45, 2.75) is 39.2 Å². The summed E-state index contributed by atoms with van der Waals surface area (Å²) >= 11 is 1.82. The number of hydrogen-bond acceptors (Lipinski definition) is 4. The Morgan fingerprint density at radius 3 is 2.90 bits per heavy atom. The Kier molecular flexibility index (Phi) is 4.56. The molecular formula is C17H22N2OS. The van der Waals surface area contributed by atoms with Crippen LogP contribution >= 0.6 is 11.3 Å². The molecule has 21 heavy (non-hydrogen) atoms. The molecule has 3 rings (SSSR count). The van der Waals surface area contributed by atoms with Gasteiger partial charge in [0.25, 0.3) is 0 Å². The zero-order valence-electron chi connectivity index (χ0n) is 12.7. The van der Waals surface area contributed by atoms with E-state index in [9.17, 15) is 0 Å². The van der Waals surface area contributed by atoms with Crippen LogP contribution in [0.3, 0.4) is 0 Å². The smallest absolute Gasteiger partial charge is 0.124 e. The minimum Gasteiger partial charge on any atom is -0.494 e. The van der Waals surface area contributed by atoms with Gasteiger partial charge in [0, 0.05) is 22.9 Å². The predicted octanol–water partition coefficient (Wildman–Crippen LogP) is 4.20. The summed E-state index contributed by atoms with van der Waals surface area (Å²) in [6, 6.07) is 8.26. The minimum atomic E-state index is 0.693. The summed E-state index contributed by atoms with van der Waals surface area (Å²) in [4.78, 5) is 6.32. The molecule has 1 N–H and O–H groups in total. The van der Waals surface area contributed by atoms with Gasteiger partial charge < -0.3 is 10.1 Å². The molecule has 0 bridgehead atoms. The lowest BCUT2D eigenvalue weighted by Gasteiger charge is -2.03. The van der Waals surface area contributed by atoms with Gasteiger partial charge in [0.2, 0.25) is 0 Å². The molecule has 1 heterocycles. The van der Waals surface area contributed by atoms with Gasteiger partial charge in [0.1, 0.15) is 10.8 Å². The van der Waals surface area contributed by atoms with E-state index in [2.05, 4.69) is 24.4 Å². The predicted molar refractivity (Wildman–Crippen MR) is 88.1 cm³/mol. The second-order valence-electron chi connectivity index (χ2n) is 5.34. The fourth-order valence-corrected chi connectivity index (χ4v) is 3.53. The van der Waals surface area contributed by atoms with Crippen molar-refractivity contribution in [1.29, 1.82) is 0 Å². The number of benzene rings is 1. The van der Waals surface area contributed by atoms with Crippen molar-refractivity contribution in [2.24, 2.45) is 0 Å². The SMILES string of the molecule is CCNCc1sc(-c2cccc(OCC)c2)nc1C1CC1. The fraction of sp³-hybridized carbons (Fsp3) is 0.471. The summed E-state index contributed by atoms with van der Waals surface area (Å²) in [6.07, 6.45) is 2.59. The van der Waals surface area contributed by atoms with Crippen LogP contribution in [0.4, 0.5) is 0 Å². The second kappa shape index (κ2) is 6.58. The Morgan fingerprint density at radius 1 is 1.33 bits per heavy atom. The van der Waals surface area contributed by atoms with Crippen molar-refractivity contribution in [3.8, 4) is 16.3 Å². The van der Waals surface area contributed by atoms with Crippen molar-refractivity contribution in [1.82, 2.24) is 10.3 Å². The normalized spacial score (nSPS) is 14.4. The van der Waals surface area contributed by atoms with Crippen molar-refractivity contribution < 1.29 is 4.74 Å². The highest BCUT2D eigenvalue weighted by Gasteiger charge is 2.29. The number of ether oxygens (including phenoxy) is 1. The Labute approximate surface area is 130 Å². The number of hydrogen-bond donors (Lipinski definition) is 1. The van der Waals surface area contributed by atoms with Gasteiger partial charge in [-0.05, 0) is 38.4 Å². The van der Waals surface area contributed by atoms with Crippen LogP contribution in [0.2, 0.25) is 0 Å². The molecule has 1 aromatic heterocycles. The average Bonchev–Trinajstić information content (AvgIpc) is 3.26. The zero-order valence-corrected chi connectivity index (χ0v) is 13.5. The van der Waals surface area contributed by atoms with Crippen molar-refractivity contribution in [3.05, 3.63) is 34.8 Å². The van der Waals surface area contributed by atoms with Crippen molar-refractivity contribution >= 4 is 11.3 Å². The van der Waals surface area contributed by atoms with E-state index in [0.717, 1.165) is 29.4 Å². The van der Waals surface area contributed by atoms with Gasteiger partial charge in [-0.3, -0.25) is 0 Å². The van der Waals surface area contributed by atoms with Crippen LogP contribution in [0.5, 0.6) is 5.75 Å². The molecule has 0 spiro atoms. The molecular weight excluding hydrogens is 280 g/mol. The first-order valence-electron chi connectivity index (χ1n) is 7.75. The molecule has 0 aliphatic heterocycles. The molecule has 4 heteroatoms. The molecule has 1 aromatic carbocycles. The first-order chi connectivity index (χ1) is 10.3. The van der Waals surface area contributed by atoms with E-state index in [0.29, 0.717) is 12.5 Å². The van der Waals surface area contributed by atoms with Gasteiger partial charge in [-0.25, -0.2) is 4.98 Å². The van der Waals surface area contributed by atoms with Crippen molar-refractivity contribution in [3.63, 3.8) is 0 Å². The van der Waals surface area contributed by atoms with E-state index in [-0.39, 0.29) is 0 Å². The summed E-state index contributed by atoms with van der Waals surface area (Å²) in [5.41, 5.74) is 2.48. The maximum absolute atomic E-state index is 5.59. The van der Waals surface area contributed by atoms with Gasteiger partial charge in [-0.2, -0.15) is 0 Å². The van der Waals surface area contributed by atoms with Crippen LogP contribution < -0.4 is 10.1 Å². The van der Waals surface area contributed by atoms with Crippen LogP contribution in [0, 0.1) is 0 Å². The van der Waals surface area contributed by atoms with Gasteiger partial charge in [-0.15, -0.1) is 11.3 Å². The lowest BCUT2D eigenvalue weighted by molar-refractivity contribution is 0.340. The van der Waals surface area contributed by atoms with Crippen LogP contribution in [-0.2, 0) is 6.54 Å². The van der Waals surface area contributed by atoms with Crippen LogP contribution in [0.25, 0.3) is 10.6 Å². The molecule has 1 aliphatic rings. The monoisotopic (exact) mass is 302 g/mol. The number of rotatable bonds is 7. The summed E-state index contributed by atoms with van der Waals surface area (Å²) in [5, 5.41) is 4.55. The van der Waals surface area contributed by atoms with E-state index in [1.54, 1.807) is 0 Å². The number of nitrogens with zero attached hydrogens (tertiary/aromatic N) is 1. The highest BCUT2D eigenvalue weighted by atomic mass is 32.1. The lowest BCUT2D eigenvalue weighted by Crippen LogP contribution is -2.11. The highest BCUT2D eigenvalue weighted by Crippen LogP contribution is 2.44. The number of aromatic nitrogens is 1. The molecule has 0 saturated heterocycles. The third-order valence-corrected chi connectivity index (χ3v) is 4.74. The van der Waals surface area contributed by atoms with Crippen molar-refractivity contribution in [2.75, 3.05) is 13.2 Å². The molecule has 1 aliphatic carbocycles. The molecule has 0 radical (unpaired) electrons. The standard InChI is InChI=1S/C17H22N2OS/c1-3-18-11-15-16(12-8-9-12)19-17(21-15)13-6-5-7-14(10-13)20-4-2/h5-7,10,12,18H,3-4,8-9,11H2,1-2H3. The third kappa shape index (κ3) is 3.44. The van der Waals surface area contributed by atoms with Gasteiger partial charge in [0.15, 0.2) is 0 Å². The molecule has 1 fully saturated rings. The maximum atomic E-state index is 5.59. The van der Waals surface area contributed by atoms with Gasteiger partial charge in [-0.1, -0.05) is 19.1 Å². The van der Waals surface area contributed by atoms with Crippen LogP contribution in [0.1, 0.15) is 43.2 Å². The maximum Gasteiger partial charge on any atom is 0.124 e. The zero-order chi connectivity index (χ0) is 14.7. The lowest BCUT2D eigenvalue weighted by atomic mass is 10.2. The van der Waals surface area contributed by atoms with E-state index in [1.807, 2.05) is 30.4 Å². The average molecular weight is 302 g/mol. The Hall–Kier alpha value is -1.39. The van der Waals surface area contributed by atoms with Gasteiger partial charge >= 0.3 is 0 Å². The number of thiazole rings is 1. The molecule has 1 saturated carbocycles. The fourth-order valence-electron chi connectivity index (χ4n) is 2.41. The van der Waals surface area contributed by atoms with Crippen LogP contribution in [-0.4, -0.2) is 18.1 Å². The minimum absolute atomic E-state index is 0.693. The molecule has 3 nitrogen and oxygen atoms in total. The van der Waals surface area contributed by atoms with Crippen LogP contribution in [0.15, 0.2) is 24.3 Å². The summed E-state index contributed by atoms with van der Waals surface area (Å²) in [7, 11) is 0. The Bertz CT molecular complexity index is 605. The van der Waals surface area contributed by atoms with E-state index < -0.39 is 0 Å². The Morgan fingerprint density at radius 2 is 2.19 bits per heavy atom. The first kappa shape index (κ1) is 14.5. The highest BCUT2D eigenvalue weighted by molar-refractivity contribution is 7.15. The van der Waals surface area contributed by atoms with Gasteiger partial charge in [0.05, 0.1) is 12.3 Å². The summed E-state index contributed by atoms with van der Waals surface area (Å²) < 4.78 is 5.59. The van der Waals surface area contributed by atoms with E-state index in [4.69, 9.17) is 9.72 Å². The molecule has 0 amide bonds. The van der Waals surface area contributed by atoms with E-state index >= 15 is 0 Å². The summed E-state index contributed by atoms with van der Waals surface area (Å²) in [5.74, 6) is 1.62. The van der Waals surface area contributed by atoms with E-state index in [1.165, 1.54) is 23.4 Å². The summed E-state index contributed by atoms with van der Waals surface area (Å²) in [6.45, 7) is 6.78. The quantitative estimate of drug-likeness (QED) is 0.832. The topological polar surface area (TPSA) is 34.1 Å². The third-order valence-electron chi connectivity index (χ3n) is 3.62. The number of nitrogens with one attached hydrogen (secondary N) is 1. The molecule has 2 aromatic rings. The molecule has 0 unspecified atom stereocenters. The Balaban J connectivity index is 1.89. The largest absolute Gasteiger partial charge is 0.494 e. The molecule has 0 atom stereocenters. The molecule has 112 valence electrons.